The predicted octanol–water partition coefficient (Wildman–Crippen LogP) is 17.4. The van der Waals surface area contributed by atoms with Crippen molar-refractivity contribution in [3.63, 3.8) is 0 Å². The van der Waals surface area contributed by atoms with Crippen molar-refractivity contribution in [2.24, 2.45) is 0 Å². The second-order valence-electron chi connectivity index (χ2n) is 16.5. The lowest BCUT2D eigenvalue weighted by Gasteiger charge is -2.28. The van der Waals surface area contributed by atoms with Crippen LogP contribution >= 0.6 is 0 Å². The van der Waals surface area contributed by atoms with Crippen LogP contribution in [0.4, 0.5) is 34.1 Å². The third-order valence-electron chi connectivity index (χ3n) is 12.9. The quantitative estimate of drug-likeness (QED) is 0.156. The van der Waals surface area contributed by atoms with Gasteiger partial charge in [0, 0.05) is 44.3 Å². The van der Waals surface area contributed by atoms with Crippen molar-refractivity contribution < 1.29 is 4.42 Å². The van der Waals surface area contributed by atoms with Crippen LogP contribution in [-0.4, -0.2) is 0 Å². The van der Waals surface area contributed by atoms with Crippen LogP contribution < -0.4 is 9.80 Å². The van der Waals surface area contributed by atoms with Crippen molar-refractivity contribution in [1.82, 2.24) is 0 Å². The summed E-state index contributed by atoms with van der Waals surface area (Å²) < 4.78 is 6.68. The summed E-state index contributed by atoms with van der Waals surface area (Å²) >= 11 is 0. The van der Waals surface area contributed by atoms with Crippen molar-refractivity contribution >= 4 is 121 Å². The molecule has 0 unspecified atom stereocenters. The number of anilines is 6. The fourth-order valence-electron chi connectivity index (χ4n) is 9.96. The molecule has 0 N–H and O–H groups in total. The van der Waals surface area contributed by atoms with Gasteiger partial charge in [-0.25, -0.2) is 0 Å². The van der Waals surface area contributed by atoms with E-state index >= 15 is 0 Å². The summed E-state index contributed by atoms with van der Waals surface area (Å²) in [5, 5.41) is 16.7. The van der Waals surface area contributed by atoms with E-state index in [0.29, 0.717) is 0 Å². The van der Waals surface area contributed by atoms with E-state index in [2.05, 4.69) is 240 Å². The van der Waals surface area contributed by atoms with Crippen molar-refractivity contribution in [2.45, 2.75) is 0 Å². The molecule has 0 amide bonds. The third kappa shape index (κ3) is 5.75. The fraction of sp³-hybridized carbons (Fsp3) is 0. The van der Waals surface area contributed by atoms with Gasteiger partial charge in [-0.3, -0.25) is 0 Å². The zero-order valence-corrected chi connectivity index (χ0v) is 34.2. The highest BCUT2D eigenvalue weighted by atomic mass is 16.3. The van der Waals surface area contributed by atoms with Gasteiger partial charge in [-0.05, 0) is 127 Å². The van der Waals surface area contributed by atoms with Gasteiger partial charge in [0.15, 0.2) is 0 Å². The normalized spacial score (nSPS) is 11.8. The van der Waals surface area contributed by atoms with Gasteiger partial charge in [-0.15, -0.1) is 0 Å². The van der Waals surface area contributed by atoms with Crippen LogP contribution in [0, 0.1) is 0 Å². The number of hydrogen-bond donors (Lipinski definition) is 0. The summed E-state index contributed by atoms with van der Waals surface area (Å²) in [6, 6.07) is 83.8. The average Bonchev–Trinajstić information content (AvgIpc) is 3.71. The second kappa shape index (κ2) is 14.1. The molecule has 63 heavy (non-hydrogen) atoms. The highest BCUT2D eigenvalue weighted by molar-refractivity contribution is 6.17. The number of furan rings is 1. The Morgan fingerprint density at radius 3 is 1.00 bits per heavy atom. The summed E-state index contributed by atoms with van der Waals surface area (Å²) in [5.74, 6) is 0. The zero-order chi connectivity index (χ0) is 41.4. The van der Waals surface area contributed by atoms with E-state index in [4.69, 9.17) is 4.42 Å². The Labute approximate surface area is 363 Å². The van der Waals surface area contributed by atoms with Crippen molar-refractivity contribution in [3.8, 4) is 0 Å². The first-order valence-corrected chi connectivity index (χ1v) is 21.6. The molecule has 0 radical (unpaired) electrons. The Balaban J connectivity index is 1.05. The topological polar surface area (TPSA) is 19.6 Å². The number of hydrogen-bond acceptors (Lipinski definition) is 3. The average molecular weight is 803 g/mol. The van der Waals surface area contributed by atoms with E-state index in [9.17, 15) is 0 Å². The van der Waals surface area contributed by atoms with E-state index in [0.717, 1.165) is 56.1 Å². The summed E-state index contributed by atoms with van der Waals surface area (Å²) in [7, 11) is 0. The molecule has 0 aliphatic carbocycles. The van der Waals surface area contributed by atoms with E-state index in [1.54, 1.807) is 0 Å². The SMILES string of the molecule is c1ccc2cc(N(c3ccc4oc5ccc(N(c6ccc7ccccc7c6)c6cc7ccccc7c7ccccc67)cc5c4c3)c3cc4ccccc4c4ccccc34)ccc2c1. The van der Waals surface area contributed by atoms with Crippen molar-refractivity contribution in [2.75, 3.05) is 9.80 Å². The second-order valence-corrected chi connectivity index (χ2v) is 16.5. The lowest BCUT2D eigenvalue weighted by molar-refractivity contribution is 0.669. The molecule has 13 aromatic rings. The molecule has 1 aromatic heterocycles. The fourth-order valence-corrected chi connectivity index (χ4v) is 9.96. The Morgan fingerprint density at radius 1 is 0.222 bits per heavy atom. The summed E-state index contributed by atoms with van der Waals surface area (Å²) in [4.78, 5) is 4.85. The zero-order valence-electron chi connectivity index (χ0n) is 34.2. The Morgan fingerprint density at radius 2 is 0.556 bits per heavy atom. The molecular formula is C60H38N2O. The number of nitrogens with zero attached hydrogens (tertiary/aromatic N) is 2. The van der Waals surface area contributed by atoms with Gasteiger partial charge in [0.1, 0.15) is 11.2 Å². The van der Waals surface area contributed by atoms with Gasteiger partial charge in [0.05, 0.1) is 11.4 Å². The molecule has 294 valence electrons. The van der Waals surface area contributed by atoms with Gasteiger partial charge in [0.25, 0.3) is 0 Å². The monoisotopic (exact) mass is 802 g/mol. The highest BCUT2D eigenvalue weighted by Crippen LogP contribution is 2.47. The van der Waals surface area contributed by atoms with Gasteiger partial charge in [-0.1, -0.05) is 158 Å². The van der Waals surface area contributed by atoms with Crippen LogP contribution in [-0.2, 0) is 0 Å². The minimum atomic E-state index is 0.848. The maximum atomic E-state index is 6.68. The predicted molar refractivity (Wildman–Crippen MR) is 268 cm³/mol. The Hall–Kier alpha value is -8.40. The molecule has 12 aromatic carbocycles. The van der Waals surface area contributed by atoms with Crippen LogP contribution in [0.2, 0.25) is 0 Å². The molecule has 13 rings (SSSR count). The molecule has 0 saturated heterocycles. The molecule has 0 saturated carbocycles. The molecule has 0 atom stereocenters. The molecule has 0 fully saturated rings. The van der Waals surface area contributed by atoms with E-state index in [1.165, 1.54) is 64.6 Å². The van der Waals surface area contributed by atoms with Crippen LogP contribution in [0.15, 0.2) is 235 Å². The van der Waals surface area contributed by atoms with Crippen molar-refractivity contribution in [1.29, 1.82) is 0 Å². The first-order valence-electron chi connectivity index (χ1n) is 21.6. The minimum Gasteiger partial charge on any atom is -0.456 e. The summed E-state index contributed by atoms with van der Waals surface area (Å²) in [5.41, 5.74) is 8.23. The molecule has 3 nitrogen and oxygen atoms in total. The highest BCUT2D eigenvalue weighted by Gasteiger charge is 2.22. The van der Waals surface area contributed by atoms with Crippen LogP contribution in [0.5, 0.6) is 0 Å². The summed E-state index contributed by atoms with van der Waals surface area (Å²) in [6.45, 7) is 0. The first kappa shape index (κ1) is 35.4. The third-order valence-corrected chi connectivity index (χ3v) is 12.9. The summed E-state index contributed by atoms with van der Waals surface area (Å²) in [6.07, 6.45) is 0. The Bertz CT molecular complexity index is 3700. The molecular weight excluding hydrogens is 765 g/mol. The molecule has 0 spiro atoms. The van der Waals surface area contributed by atoms with Crippen LogP contribution in [0.1, 0.15) is 0 Å². The minimum absolute atomic E-state index is 0.848. The van der Waals surface area contributed by atoms with Gasteiger partial charge >= 0.3 is 0 Å². The molecule has 0 aliphatic rings. The maximum absolute atomic E-state index is 6.68. The molecule has 0 aliphatic heterocycles. The van der Waals surface area contributed by atoms with Crippen LogP contribution in [0.3, 0.4) is 0 Å². The first-order chi connectivity index (χ1) is 31.2. The molecule has 0 bridgehead atoms. The van der Waals surface area contributed by atoms with Crippen molar-refractivity contribution in [3.05, 3.63) is 231 Å². The van der Waals surface area contributed by atoms with E-state index < -0.39 is 0 Å². The van der Waals surface area contributed by atoms with Gasteiger partial charge < -0.3 is 14.2 Å². The van der Waals surface area contributed by atoms with E-state index in [-0.39, 0.29) is 0 Å². The van der Waals surface area contributed by atoms with Crippen LogP contribution in [0.25, 0.3) is 86.6 Å². The number of fused-ring (bicyclic) bond motifs is 11. The number of benzene rings is 12. The lowest BCUT2D eigenvalue weighted by Crippen LogP contribution is -2.11. The largest absolute Gasteiger partial charge is 0.456 e. The van der Waals surface area contributed by atoms with E-state index in [1.807, 2.05) is 0 Å². The van der Waals surface area contributed by atoms with Gasteiger partial charge in [0.2, 0.25) is 0 Å². The van der Waals surface area contributed by atoms with Gasteiger partial charge in [-0.2, -0.15) is 0 Å². The number of rotatable bonds is 6. The molecule has 1 heterocycles. The lowest BCUT2D eigenvalue weighted by atomic mass is 9.98. The smallest absolute Gasteiger partial charge is 0.135 e. The molecule has 3 heteroatoms. The Kier molecular flexibility index (Phi) is 7.91. The standard InChI is InChI=1S/C60H38N2O/c1-3-15-41-33-45(27-25-39(41)13-1)61(57-35-43-17-5-7-19-49(43)51-21-9-11-23-53(51)57)47-29-31-59-55(37-47)56-38-48(30-32-60(56)63-59)62(46-28-26-40-14-2-4-16-42(40)34-46)58-36-44-18-6-8-20-50(44)52-22-10-12-24-54(52)58/h1-38H. The maximum Gasteiger partial charge on any atom is 0.135 e.